The van der Waals surface area contributed by atoms with Crippen molar-refractivity contribution < 1.29 is 4.43 Å². The Hall–Kier alpha value is -0.323. The van der Waals surface area contributed by atoms with E-state index in [0.717, 1.165) is 22.1 Å². The zero-order valence-corrected chi connectivity index (χ0v) is 14.7. The third-order valence-electron chi connectivity index (χ3n) is 2.63. The number of anilines is 1. The van der Waals surface area contributed by atoms with E-state index in [9.17, 15) is 0 Å². The van der Waals surface area contributed by atoms with Crippen LogP contribution in [0.15, 0.2) is 22.7 Å². The number of benzene rings is 1. The third kappa shape index (κ3) is 5.12. The van der Waals surface area contributed by atoms with Gasteiger partial charge in [0.1, 0.15) is 0 Å². The zero-order valence-electron chi connectivity index (χ0n) is 12.0. The molecule has 0 aromatic heterocycles. The van der Waals surface area contributed by atoms with Crippen molar-refractivity contribution in [2.75, 3.05) is 5.73 Å². The maximum atomic E-state index is 6.19. The highest BCUT2D eigenvalue weighted by atomic mass is 79.9. The van der Waals surface area contributed by atoms with Gasteiger partial charge in [-0.15, -0.1) is 0 Å². The van der Waals surface area contributed by atoms with E-state index in [0.29, 0.717) is 0 Å². The lowest BCUT2D eigenvalue weighted by Crippen LogP contribution is -2.20. The smallest absolute Gasteiger partial charge is 0.171 e. The molecule has 0 aliphatic carbocycles. The molecule has 2 N–H and O–H groups in total. The standard InChI is InChI=1S/C14H24BrNOSi/c1-14(2,3)9-13(17-18(4)5)11-8-10(15)6-7-12(11)16/h6-8,13,18H,9,16H2,1-5H3. The van der Waals surface area contributed by atoms with Crippen LogP contribution in [0, 0.1) is 5.41 Å². The van der Waals surface area contributed by atoms with Gasteiger partial charge in [0.15, 0.2) is 9.04 Å². The van der Waals surface area contributed by atoms with Crippen LogP contribution in [-0.2, 0) is 4.43 Å². The van der Waals surface area contributed by atoms with E-state index in [1.54, 1.807) is 0 Å². The number of nitrogens with two attached hydrogens (primary N) is 1. The van der Waals surface area contributed by atoms with Gasteiger partial charge >= 0.3 is 0 Å². The van der Waals surface area contributed by atoms with Gasteiger partial charge in [0.25, 0.3) is 0 Å². The van der Waals surface area contributed by atoms with Crippen molar-refractivity contribution in [2.45, 2.75) is 46.4 Å². The Balaban J connectivity index is 3.04. The predicted molar refractivity (Wildman–Crippen MR) is 85.3 cm³/mol. The molecule has 1 atom stereocenters. The van der Waals surface area contributed by atoms with Crippen molar-refractivity contribution in [1.82, 2.24) is 0 Å². The summed E-state index contributed by atoms with van der Waals surface area (Å²) in [7, 11) is -1.09. The van der Waals surface area contributed by atoms with E-state index in [4.69, 9.17) is 10.2 Å². The van der Waals surface area contributed by atoms with Crippen LogP contribution < -0.4 is 5.73 Å². The molecule has 0 amide bonds. The largest absolute Gasteiger partial charge is 0.414 e. The van der Waals surface area contributed by atoms with E-state index >= 15 is 0 Å². The molecule has 102 valence electrons. The highest BCUT2D eigenvalue weighted by Gasteiger charge is 2.23. The van der Waals surface area contributed by atoms with Crippen LogP contribution in [0.3, 0.4) is 0 Å². The fourth-order valence-electron chi connectivity index (χ4n) is 1.94. The van der Waals surface area contributed by atoms with Gasteiger partial charge < -0.3 is 10.2 Å². The van der Waals surface area contributed by atoms with Crippen molar-refractivity contribution in [3.8, 4) is 0 Å². The van der Waals surface area contributed by atoms with Crippen LogP contribution >= 0.6 is 15.9 Å². The summed E-state index contributed by atoms with van der Waals surface area (Å²) >= 11 is 3.51. The molecule has 0 saturated heterocycles. The molecule has 0 aliphatic rings. The molecule has 0 fully saturated rings. The number of nitrogen functional groups attached to an aromatic ring is 1. The number of hydrogen-bond donors (Lipinski definition) is 1. The van der Waals surface area contributed by atoms with E-state index in [1.165, 1.54) is 0 Å². The molecule has 0 heterocycles. The van der Waals surface area contributed by atoms with Crippen molar-refractivity contribution in [1.29, 1.82) is 0 Å². The minimum atomic E-state index is -1.09. The van der Waals surface area contributed by atoms with Gasteiger partial charge in [-0.3, -0.25) is 0 Å². The second kappa shape index (κ2) is 6.22. The summed E-state index contributed by atoms with van der Waals surface area (Å²) in [5.74, 6) is 0. The van der Waals surface area contributed by atoms with Gasteiger partial charge in [-0.1, -0.05) is 36.7 Å². The first-order valence-electron chi connectivity index (χ1n) is 6.39. The Morgan fingerprint density at radius 2 is 1.94 bits per heavy atom. The Kier molecular flexibility index (Phi) is 5.43. The van der Waals surface area contributed by atoms with Crippen LogP contribution in [0.4, 0.5) is 5.69 Å². The first kappa shape index (κ1) is 15.7. The minimum absolute atomic E-state index is 0.106. The quantitative estimate of drug-likeness (QED) is 0.651. The zero-order chi connectivity index (χ0) is 13.9. The van der Waals surface area contributed by atoms with Gasteiger partial charge in [-0.25, -0.2) is 0 Å². The molecular formula is C14H24BrNOSi. The van der Waals surface area contributed by atoms with E-state index in [1.807, 2.05) is 12.1 Å². The number of rotatable bonds is 4. The fourth-order valence-corrected chi connectivity index (χ4v) is 3.22. The second-order valence-electron chi connectivity index (χ2n) is 6.21. The summed E-state index contributed by atoms with van der Waals surface area (Å²) in [5.41, 5.74) is 8.26. The van der Waals surface area contributed by atoms with Gasteiger partial charge in [0, 0.05) is 15.7 Å². The summed E-state index contributed by atoms with van der Waals surface area (Å²) in [6.07, 6.45) is 1.09. The van der Waals surface area contributed by atoms with Crippen LogP contribution in [-0.4, -0.2) is 9.04 Å². The number of halogens is 1. The Morgan fingerprint density at radius 3 is 2.44 bits per heavy atom. The lowest BCUT2D eigenvalue weighted by Gasteiger charge is -2.29. The molecule has 0 radical (unpaired) electrons. The molecule has 2 nitrogen and oxygen atoms in total. The van der Waals surface area contributed by atoms with Gasteiger partial charge in [0.05, 0.1) is 6.10 Å². The molecular weight excluding hydrogens is 306 g/mol. The number of hydrogen-bond acceptors (Lipinski definition) is 2. The highest BCUT2D eigenvalue weighted by Crippen LogP contribution is 2.36. The molecule has 0 aliphatic heterocycles. The van der Waals surface area contributed by atoms with Gasteiger partial charge in [0.2, 0.25) is 0 Å². The molecule has 1 rings (SSSR count). The van der Waals surface area contributed by atoms with Crippen LogP contribution in [0.1, 0.15) is 38.9 Å². The topological polar surface area (TPSA) is 35.2 Å². The second-order valence-corrected chi connectivity index (χ2v) is 9.50. The minimum Gasteiger partial charge on any atom is -0.414 e. The average Bonchev–Trinajstić information content (AvgIpc) is 2.18. The Bertz CT molecular complexity index is 401. The monoisotopic (exact) mass is 329 g/mol. The van der Waals surface area contributed by atoms with Crippen molar-refractivity contribution in [3.05, 3.63) is 28.2 Å². The van der Waals surface area contributed by atoms with E-state index in [-0.39, 0.29) is 11.5 Å². The van der Waals surface area contributed by atoms with Crippen LogP contribution in [0.5, 0.6) is 0 Å². The SMILES string of the molecule is C[SiH](C)OC(CC(C)(C)C)c1cc(Br)ccc1N. The predicted octanol–water partition coefficient (Wildman–Crippen LogP) is 4.51. The summed E-state index contributed by atoms with van der Waals surface area (Å²) < 4.78 is 7.24. The average molecular weight is 330 g/mol. The molecule has 18 heavy (non-hydrogen) atoms. The maximum Gasteiger partial charge on any atom is 0.171 e. The molecule has 1 aromatic rings. The first-order chi connectivity index (χ1) is 8.19. The molecule has 1 unspecified atom stereocenters. The van der Waals surface area contributed by atoms with Gasteiger partial charge in [-0.05, 0) is 43.1 Å². The van der Waals surface area contributed by atoms with Crippen molar-refractivity contribution in [3.63, 3.8) is 0 Å². The Labute approximate surface area is 121 Å². The lowest BCUT2D eigenvalue weighted by atomic mass is 9.86. The molecule has 4 heteroatoms. The van der Waals surface area contributed by atoms with Gasteiger partial charge in [-0.2, -0.15) is 0 Å². The van der Waals surface area contributed by atoms with Crippen LogP contribution in [0.25, 0.3) is 0 Å². The third-order valence-corrected chi connectivity index (χ3v) is 4.00. The van der Waals surface area contributed by atoms with Crippen LogP contribution in [0.2, 0.25) is 13.1 Å². The summed E-state index contributed by atoms with van der Waals surface area (Å²) in [6.45, 7) is 11.1. The van der Waals surface area contributed by atoms with E-state index < -0.39 is 9.04 Å². The first-order valence-corrected chi connectivity index (χ1v) is 9.97. The van der Waals surface area contributed by atoms with E-state index in [2.05, 4.69) is 55.9 Å². The molecule has 1 aromatic carbocycles. The maximum absolute atomic E-state index is 6.19. The van der Waals surface area contributed by atoms with Crippen molar-refractivity contribution >= 4 is 30.7 Å². The lowest BCUT2D eigenvalue weighted by molar-refractivity contribution is 0.147. The summed E-state index contributed by atoms with van der Waals surface area (Å²) in [6, 6.07) is 6.00. The molecule has 0 spiro atoms. The fraction of sp³-hybridized carbons (Fsp3) is 0.571. The van der Waals surface area contributed by atoms with Crippen molar-refractivity contribution in [2.24, 2.45) is 5.41 Å². The summed E-state index contributed by atoms with van der Waals surface area (Å²) in [5, 5.41) is 0. The molecule has 0 bridgehead atoms. The highest BCUT2D eigenvalue weighted by molar-refractivity contribution is 9.10. The normalized spacial score (nSPS) is 13.9. The molecule has 0 saturated carbocycles. The summed E-state index contributed by atoms with van der Waals surface area (Å²) in [4.78, 5) is 0. The Morgan fingerprint density at radius 1 is 1.33 bits per heavy atom.